The van der Waals surface area contributed by atoms with Gasteiger partial charge >= 0.3 is 0 Å². The Morgan fingerprint density at radius 1 is 1.07 bits per heavy atom. The Kier molecular flexibility index (Phi) is 8.45. The molecular weight excluding hydrogens is 378 g/mol. The fourth-order valence-electron chi connectivity index (χ4n) is 2.52. The highest BCUT2D eigenvalue weighted by Crippen LogP contribution is 2.28. The fourth-order valence-corrected chi connectivity index (χ4v) is 2.74. The van der Waals surface area contributed by atoms with E-state index >= 15 is 0 Å². The fraction of sp³-hybridized carbons (Fsp3) is 0.409. The number of methoxy groups -OCH3 is 1. The van der Waals surface area contributed by atoms with Gasteiger partial charge in [-0.05, 0) is 60.7 Å². The second-order valence-electron chi connectivity index (χ2n) is 6.99. The highest BCUT2D eigenvalue weighted by Gasteiger charge is 2.09. The Morgan fingerprint density at radius 3 is 2.50 bits per heavy atom. The number of nitrogens with one attached hydrogen (secondary N) is 1. The molecule has 152 valence electrons. The molecule has 2 aromatic carbocycles. The number of ether oxygens (including phenoxy) is 3. The Bertz CT molecular complexity index is 792. The van der Waals surface area contributed by atoms with Gasteiger partial charge in [-0.25, -0.2) is 0 Å². The van der Waals surface area contributed by atoms with E-state index in [1.807, 2.05) is 25.1 Å². The van der Waals surface area contributed by atoms with E-state index in [0.29, 0.717) is 41.3 Å². The van der Waals surface area contributed by atoms with Crippen LogP contribution in [0, 0.1) is 12.8 Å². The maximum atomic E-state index is 12.1. The summed E-state index contributed by atoms with van der Waals surface area (Å²) < 4.78 is 16.7. The lowest BCUT2D eigenvalue weighted by molar-refractivity contribution is -0.123. The zero-order valence-electron chi connectivity index (χ0n) is 16.9. The molecule has 0 fully saturated rings. The van der Waals surface area contributed by atoms with Gasteiger partial charge in [0.2, 0.25) is 0 Å². The van der Waals surface area contributed by atoms with Gasteiger partial charge in [-0.1, -0.05) is 31.5 Å². The van der Waals surface area contributed by atoms with Crippen molar-refractivity contribution in [2.45, 2.75) is 33.7 Å². The summed E-state index contributed by atoms with van der Waals surface area (Å²) >= 11 is 5.92. The van der Waals surface area contributed by atoms with Crippen molar-refractivity contribution >= 4 is 17.5 Å². The number of amides is 1. The first-order chi connectivity index (χ1) is 13.4. The normalized spacial score (nSPS) is 10.6. The Labute approximate surface area is 171 Å². The summed E-state index contributed by atoms with van der Waals surface area (Å²) in [6.07, 6.45) is 0.980. The van der Waals surface area contributed by atoms with Crippen molar-refractivity contribution in [3.8, 4) is 17.2 Å². The minimum absolute atomic E-state index is 0.0595. The molecule has 0 aromatic heterocycles. The van der Waals surface area contributed by atoms with Crippen molar-refractivity contribution in [1.82, 2.24) is 5.32 Å². The van der Waals surface area contributed by atoms with Gasteiger partial charge in [0.15, 0.2) is 18.1 Å². The molecule has 0 saturated carbocycles. The van der Waals surface area contributed by atoms with E-state index in [1.165, 1.54) is 0 Å². The quantitative estimate of drug-likeness (QED) is 0.618. The summed E-state index contributed by atoms with van der Waals surface area (Å²) in [6.45, 7) is 7.16. The van der Waals surface area contributed by atoms with E-state index in [1.54, 1.807) is 25.3 Å². The minimum Gasteiger partial charge on any atom is -0.493 e. The van der Waals surface area contributed by atoms with Crippen LogP contribution in [0.4, 0.5) is 0 Å². The molecule has 0 bridgehead atoms. The minimum atomic E-state index is -0.203. The van der Waals surface area contributed by atoms with Crippen LogP contribution < -0.4 is 19.5 Å². The average molecular weight is 406 g/mol. The number of halogens is 1. The summed E-state index contributed by atoms with van der Waals surface area (Å²) in [7, 11) is 1.61. The maximum Gasteiger partial charge on any atom is 0.258 e. The first-order valence-corrected chi connectivity index (χ1v) is 9.72. The van der Waals surface area contributed by atoms with Crippen LogP contribution >= 0.6 is 11.6 Å². The van der Waals surface area contributed by atoms with E-state index in [0.717, 1.165) is 17.5 Å². The molecule has 0 atom stereocenters. The highest BCUT2D eigenvalue weighted by molar-refractivity contribution is 6.30. The topological polar surface area (TPSA) is 56.8 Å². The molecule has 28 heavy (non-hydrogen) atoms. The number of rotatable bonds is 10. The number of benzene rings is 2. The molecule has 1 N–H and O–H groups in total. The van der Waals surface area contributed by atoms with E-state index in [-0.39, 0.29) is 12.5 Å². The summed E-state index contributed by atoms with van der Waals surface area (Å²) in [6, 6.07) is 10.9. The Balaban J connectivity index is 1.84. The number of carbonyl (C=O) groups excluding carboxylic acids is 1. The molecule has 0 spiro atoms. The van der Waals surface area contributed by atoms with Crippen molar-refractivity contribution in [2.24, 2.45) is 5.92 Å². The predicted octanol–water partition coefficient (Wildman–Crippen LogP) is 4.78. The lowest BCUT2D eigenvalue weighted by atomic mass is 10.1. The number of hydrogen-bond donors (Lipinski definition) is 1. The third-order valence-corrected chi connectivity index (χ3v) is 4.40. The van der Waals surface area contributed by atoms with Gasteiger partial charge in [0, 0.05) is 11.6 Å². The zero-order valence-corrected chi connectivity index (χ0v) is 17.6. The second kappa shape index (κ2) is 10.8. The molecule has 0 aliphatic rings. The predicted molar refractivity (Wildman–Crippen MR) is 111 cm³/mol. The smallest absolute Gasteiger partial charge is 0.258 e. The molecule has 0 saturated heterocycles. The maximum absolute atomic E-state index is 12.1. The van der Waals surface area contributed by atoms with Crippen LogP contribution in [-0.2, 0) is 11.3 Å². The van der Waals surface area contributed by atoms with Crippen molar-refractivity contribution in [1.29, 1.82) is 0 Å². The number of carbonyl (C=O) groups is 1. The van der Waals surface area contributed by atoms with Gasteiger partial charge in [0.1, 0.15) is 5.75 Å². The summed E-state index contributed by atoms with van der Waals surface area (Å²) in [5.74, 6) is 2.39. The van der Waals surface area contributed by atoms with Crippen LogP contribution in [0.5, 0.6) is 17.2 Å². The van der Waals surface area contributed by atoms with Crippen molar-refractivity contribution in [3.05, 3.63) is 52.5 Å². The number of hydrogen-bond acceptors (Lipinski definition) is 4. The third kappa shape index (κ3) is 6.97. The zero-order chi connectivity index (χ0) is 20.5. The van der Waals surface area contributed by atoms with Crippen LogP contribution in [0.1, 0.15) is 31.4 Å². The van der Waals surface area contributed by atoms with E-state index in [4.69, 9.17) is 25.8 Å². The molecule has 6 heteroatoms. The van der Waals surface area contributed by atoms with Crippen LogP contribution in [0.2, 0.25) is 5.02 Å². The van der Waals surface area contributed by atoms with Gasteiger partial charge in [-0.3, -0.25) is 4.79 Å². The third-order valence-electron chi connectivity index (χ3n) is 4.17. The lowest BCUT2D eigenvalue weighted by Gasteiger charge is -2.14. The second-order valence-corrected chi connectivity index (χ2v) is 7.43. The van der Waals surface area contributed by atoms with E-state index < -0.39 is 0 Å². The molecule has 2 rings (SSSR count). The summed E-state index contributed by atoms with van der Waals surface area (Å²) in [4.78, 5) is 12.1. The molecule has 0 radical (unpaired) electrons. The SMILES string of the molecule is COc1cc(CNC(=O)COc2ccc(Cl)cc2C)ccc1OCCC(C)C. The molecule has 0 aliphatic carbocycles. The van der Waals surface area contributed by atoms with E-state index in [2.05, 4.69) is 19.2 Å². The first kappa shape index (κ1) is 21.9. The van der Waals surface area contributed by atoms with Gasteiger partial charge in [-0.15, -0.1) is 0 Å². The van der Waals surface area contributed by atoms with E-state index in [9.17, 15) is 4.79 Å². The monoisotopic (exact) mass is 405 g/mol. The summed E-state index contributed by atoms with van der Waals surface area (Å²) in [5, 5.41) is 3.48. The largest absolute Gasteiger partial charge is 0.493 e. The van der Waals surface area contributed by atoms with Gasteiger partial charge in [0.25, 0.3) is 5.91 Å². The molecule has 0 unspecified atom stereocenters. The molecular formula is C22H28ClNO4. The van der Waals surface area contributed by atoms with Crippen molar-refractivity contribution in [2.75, 3.05) is 20.3 Å². The first-order valence-electron chi connectivity index (χ1n) is 9.34. The van der Waals surface area contributed by atoms with Crippen LogP contribution in [0.15, 0.2) is 36.4 Å². The molecule has 1 amide bonds. The van der Waals surface area contributed by atoms with Crippen molar-refractivity contribution in [3.63, 3.8) is 0 Å². The van der Waals surface area contributed by atoms with Gasteiger partial charge in [-0.2, -0.15) is 0 Å². The molecule has 0 aliphatic heterocycles. The van der Waals surface area contributed by atoms with Gasteiger partial charge < -0.3 is 19.5 Å². The van der Waals surface area contributed by atoms with Crippen LogP contribution in [0.25, 0.3) is 0 Å². The summed E-state index contributed by atoms with van der Waals surface area (Å²) in [5.41, 5.74) is 1.81. The standard InChI is InChI=1S/C22H28ClNO4/c1-15(2)9-10-27-20-7-5-17(12-21(20)26-4)13-24-22(25)14-28-19-8-6-18(23)11-16(19)3/h5-8,11-12,15H,9-10,13-14H2,1-4H3,(H,24,25). The molecule has 5 nitrogen and oxygen atoms in total. The van der Waals surface area contributed by atoms with Crippen LogP contribution in [0.3, 0.4) is 0 Å². The Hall–Kier alpha value is -2.40. The molecule has 0 heterocycles. The van der Waals surface area contributed by atoms with Crippen LogP contribution in [-0.4, -0.2) is 26.2 Å². The highest BCUT2D eigenvalue weighted by atomic mass is 35.5. The Morgan fingerprint density at radius 2 is 1.82 bits per heavy atom. The number of aryl methyl sites for hydroxylation is 1. The lowest BCUT2D eigenvalue weighted by Crippen LogP contribution is -2.28. The molecule has 2 aromatic rings. The van der Waals surface area contributed by atoms with Gasteiger partial charge in [0.05, 0.1) is 13.7 Å². The average Bonchev–Trinajstić information content (AvgIpc) is 2.66. The van der Waals surface area contributed by atoms with Crippen molar-refractivity contribution < 1.29 is 19.0 Å².